The molecule has 2 aromatic carbocycles. The molecule has 1 amide bonds. The van der Waals surface area contributed by atoms with E-state index in [2.05, 4.69) is 11.9 Å². The number of nitrogens with zero attached hydrogens (tertiary/aromatic N) is 2. The van der Waals surface area contributed by atoms with Gasteiger partial charge in [-0.05, 0) is 66.4 Å². The first-order valence-electron chi connectivity index (χ1n) is 13.2. The number of methoxy groups -OCH3 is 1. The van der Waals surface area contributed by atoms with Gasteiger partial charge in [-0.1, -0.05) is 25.5 Å². The van der Waals surface area contributed by atoms with Crippen molar-refractivity contribution in [2.45, 2.75) is 51.8 Å². The van der Waals surface area contributed by atoms with E-state index < -0.39 is 17.7 Å². The summed E-state index contributed by atoms with van der Waals surface area (Å²) in [6, 6.07) is 13.5. The Morgan fingerprint density at radius 1 is 1.15 bits per heavy atom. The molecular formula is C31H32N2O6. The SMILES string of the molecule is CCCCOc1ccc([C@@H]2C(=C(O)c3ccc4c(c3)C[C@@H](C)O4)C(=O)C(=O)N2Cc2cccnc2)cc1OC. The van der Waals surface area contributed by atoms with Gasteiger partial charge >= 0.3 is 0 Å². The third-order valence-electron chi connectivity index (χ3n) is 7.04. The number of likely N-dealkylation sites (tertiary alicyclic amines) is 1. The lowest BCUT2D eigenvalue weighted by Gasteiger charge is -2.26. The lowest BCUT2D eigenvalue weighted by atomic mass is 9.94. The van der Waals surface area contributed by atoms with Crippen LogP contribution in [0, 0.1) is 0 Å². The molecule has 0 spiro atoms. The van der Waals surface area contributed by atoms with E-state index in [1.165, 1.54) is 4.90 Å². The lowest BCUT2D eigenvalue weighted by molar-refractivity contribution is -0.140. The van der Waals surface area contributed by atoms with Crippen LogP contribution in [0.3, 0.4) is 0 Å². The fraction of sp³-hybridized carbons (Fsp3) is 0.323. The van der Waals surface area contributed by atoms with E-state index in [1.807, 2.05) is 25.1 Å². The third kappa shape index (κ3) is 5.19. The lowest BCUT2D eigenvalue weighted by Crippen LogP contribution is -2.29. The van der Waals surface area contributed by atoms with Gasteiger partial charge < -0.3 is 24.2 Å². The average molecular weight is 529 g/mol. The quantitative estimate of drug-likeness (QED) is 0.176. The van der Waals surface area contributed by atoms with Crippen LogP contribution in [0.5, 0.6) is 17.2 Å². The van der Waals surface area contributed by atoms with Crippen LogP contribution in [0.15, 0.2) is 66.5 Å². The minimum Gasteiger partial charge on any atom is -0.507 e. The molecule has 39 heavy (non-hydrogen) atoms. The number of carbonyl (C=O) groups excluding carboxylic acids is 2. The first-order valence-corrected chi connectivity index (χ1v) is 13.2. The Kier molecular flexibility index (Phi) is 7.54. The number of Topliss-reactive ketones (excluding diaryl/α,β-unsaturated/α-hetero) is 1. The van der Waals surface area contributed by atoms with Crippen LogP contribution in [0.2, 0.25) is 0 Å². The molecule has 1 fully saturated rings. The number of rotatable bonds is 9. The molecule has 8 heteroatoms. The van der Waals surface area contributed by atoms with E-state index in [0.717, 1.165) is 29.7 Å². The number of hydrogen-bond acceptors (Lipinski definition) is 7. The summed E-state index contributed by atoms with van der Waals surface area (Å²) in [5.74, 6) is 0.165. The largest absolute Gasteiger partial charge is 0.507 e. The number of aromatic nitrogens is 1. The number of ketones is 1. The summed E-state index contributed by atoms with van der Waals surface area (Å²) in [6.45, 7) is 4.76. The van der Waals surface area contributed by atoms with Gasteiger partial charge in [-0.3, -0.25) is 14.6 Å². The number of pyridine rings is 1. The highest BCUT2D eigenvalue weighted by atomic mass is 16.5. The van der Waals surface area contributed by atoms with Crippen molar-refractivity contribution in [2.75, 3.05) is 13.7 Å². The average Bonchev–Trinajstić information content (AvgIpc) is 3.44. The molecule has 5 rings (SSSR count). The van der Waals surface area contributed by atoms with Crippen LogP contribution in [0.25, 0.3) is 5.76 Å². The van der Waals surface area contributed by atoms with Crippen molar-refractivity contribution in [1.29, 1.82) is 0 Å². The zero-order chi connectivity index (χ0) is 27.5. The minimum atomic E-state index is -0.841. The molecule has 0 aliphatic carbocycles. The molecule has 0 unspecified atom stereocenters. The van der Waals surface area contributed by atoms with Crippen LogP contribution >= 0.6 is 0 Å². The summed E-state index contributed by atoms with van der Waals surface area (Å²) < 4.78 is 17.3. The summed E-state index contributed by atoms with van der Waals surface area (Å²) >= 11 is 0. The predicted molar refractivity (Wildman–Crippen MR) is 146 cm³/mol. The van der Waals surface area contributed by atoms with Gasteiger partial charge in [-0.2, -0.15) is 0 Å². The molecule has 1 saturated heterocycles. The van der Waals surface area contributed by atoms with Crippen molar-refractivity contribution < 1.29 is 28.9 Å². The summed E-state index contributed by atoms with van der Waals surface area (Å²) in [6.07, 6.45) is 5.94. The Morgan fingerprint density at radius 3 is 2.74 bits per heavy atom. The van der Waals surface area contributed by atoms with Gasteiger partial charge in [0.2, 0.25) is 0 Å². The predicted octanol–water partition coefficient (Wildman–Crippen LogP) is 5.21. The molecular weight excluding hydrogens is 496 g/mol. The standard InChI is InChI=1S/C31H32N2O6/c1-4-5-13-38-25-11-8-21(16-26(25)37-3)28-27(29(34)22-9-10-24-23(15-22)14-19(2)39-24)30(35)31(36)33(28)18-20-7-6-12-32-17-20/h6-12,15-17,19,28,34H,4-5,13-14,18H2,1-3H3/t19-,28-/m1/s1. The second-order valence-electron chi connectivity index (χ2n) is 9.86. The van der Waals surface area contributed by atoms with Gasteiger partial charge in [-0.25, -0.2) is 0 Å². The molecule has 8 nitrogen and oxygen atoms in total. The van der Waals surface area contributed by atoms with Crippen molar-refractivity contribution in [3.8, 4) is 17.2 Å². The van der Waals surface area contributed by atoms with E-state index in [0.29, 0.717) is 35.7 Å². The van der Waals surface area contributed by atoms with Crippen LogP contribution in [0.4, 0.5) is 0 Å². The number of aliphatic hydroxyl groups excluding tert-OH is 1. The van der Waals surface area contributed by atoms with Gasteiger partial charge in [0, 0.05) is 30.9 Å². The molecule has 0 bridgehead atoms. The monoisotopic (exact) mass is 528 g/mol. The topological polar surface area (TPSA) is 98.2 Å². The molecule has 202 valence electrons. The number of unbranched alkanes of at least 4 members (excludes halogenated alkanes) is 1. The van der Waals surface area contributed by atoms with Crippen molar-refractivity contribution >= 4 is 17.4 Å². The summed E-state index contributed by atoms with van der Waals surface area (Å²) in [5, 5.41) is 11.5. The fourth-order valence-electron chi connectivity index (χ4n) is 5.10. The maximum Gasteiger partial charge on any atom is 0.295 e. The first-order chi connectivity index (χ1) is 18.9. The van der Waals surface area contributed by atoms with Crippen LogP contribution < -0.4 is 14.2 Å². The molecule has 1 N–H and O–H groups in total. The Hall–Kier alpha value is -4.33. The minimum absolute atomic E-state index is 0.0255. The Bertz CT molecular complexity index is 1420. The normalized spacial score (nSPS) is 19.6. The highest BCUT2D eigenvalue weighted by Gasteiger charge is 2.46. The van der Waals surface area contributed by atoms with Crippen molar-refractivity contribution in [3.63, 3.8) is 0 Å². The maximum atomic E-state index is 13.5. The number of amides is 1. The van der Waals surface area contributed by atoms with E-state index in [9.17, 15) is 14.7 Å². The van der Waals surface area contributed by atoms with E-state index >= 15 is 0 Å². The molecule has 1 aromatic heterocycles. The summed E-state index contributed by atoms with van der Waals surface area (Å²) in [7, 11) is 1.55. The second kappa shape index (κ2) is 11.2. The summed E-state index contributed by atoms with van der Waals surface area (Å²) in [5.41, 5.74) is 2.82. The van der Waals surface area contributed by atoms with Crippen molar-refractivity contribution in [3.05, 3.63) is 88.8 Å². The van der Waals surface area contributed by atoms with E-state index in [-0.39, 0.29) is 24.0 Å². The number of hydrogen-bond donors (Lipinski definition) is 1. The molecule has 3 aromatic rings. The van der Waals surface area contributed by atoms with Crippen molar-refractivity contribution in [1.82, 2.24) is 9.88 Å². The third-order valence-corrected chi connectivity index (χ3v) is 7.04. The van der Waals surface area contributed by atoms with Gasteiger partial charge in [0.1, 0.15) is 17.6 Å². The molecule has 3 heterocycles. The van der Waals surface area contributed by atoms with Crippen molar-refractivity contribution in [2.24, 2.45) is 0 Å². The molecule has 2 aliphatic rings. The zero-order valence-electron chi connectivity index (χ0n) is 22.3. The Balaban J connectivity index is 1.60. The molecule has 2 aliphatic heterocycles. The fourth-order valence-corrected chi connectivity index (χ4v) is 5.10. The first kappa shape index (κ1) is 26.3. The second-order valence-corrected chi connectivity index (χ2v) is 9.86. The maximum absolute atomic E-state index is 13.5. The van der Waals surface area contributed by atoms with Crippen LogP contribution in [-0.2, 0) is 22.6 Å². The van der Waals surface area contributed by atoms with Crippen LogP contribution in [-0.4, -0.2) is 46.5 Å². The van der Waals surface area contributed by atoms with E-state index in [4.69, 9.17) is 14.2 Å². The van der Waals surface area contributed by atoms with Crippen LogP contribution in [0.1, 0.15) is 55.0 Å². The number of benzene rings is 2. The highest BCUT2D eigenvalue weighted by Crippen LogP contribution is 2.43. The molecule has 0 radical (unpaired) electrons. The number of aliphatic hydroxyl groups is 1. The van der Waals surface area contributed by atoms with Gasteiger partial charge in [0.05, 0.1) is 25.3 Å². The zero-order valence-corrected chi connectivity index (χ0v) is 22.3. The van der Waals surface area contributed by atoms with Gasteiger partial charge in [-0.15, -0.1) is 0 Å². The number of fused-ring (bicyclic) bond motifs is 1. The van der Waals surface area contributed by atoms with Gasteiger partial charge in [0.15, 0.2) is 11.5 Å². The Labute approximate surface area is 227 Å². The van der Waals surface area contributed by atoms with Gasteiger partial charge in [0.25, 0.3) is 11.7 Å². The smallest absolute Gasteiger partial charge is 0.295 e. The Morgan fingerprint density at radius 2 is 2.00 bits per heavy atom. The summed E-state index contributed by atoms with van der Waals surface area (Å²) in [4.78, 5) is 32.5. The molecule has 2 atom stereocenters. The highest BCUT2D eigenvalue weighted by molar-refractivity contribution is 6.46. The number of carbonyl (C=O) groups is 2. The molecule has 0 saturated carbocycles. The number of ether oxygens (including phenoxy) is 3. The van der Waals surface area contributed by atoms with E-state index in [1.54, 1.807) is 49.8 Å².